The molecule has 0 atom stereocenters. The van der Waals surface area contributed by atoms with E-state index in [9.17, 15) is 0 Å². The fraction of sp³-hybridized carbons (Fsp3) is 0.357. The van der Waals surface area contributed by atoms with Gasteiger partial charge in [-0.3, -0.25) is 0 Å². The number of hydrogen-bond acceptors (Lipinski definition) is 2. The predicted octanol–water partition coefficient (Wildman–Crippen LogP) is 3.56. The van der Waals surface area contributed by atoms with E-state index >= 15 is 0 Å². The molecule has 0 aliphatic heterocycles. The van der Waals surface area contributed by atoms with Gasteiger partial charge in [-0.1, -0.05) is 24.3 Å². The van der Waals surface area contributed by atoms with Gasteiger partial charge in [-0.05, 0) is 31.1 Å². The minimum absolute atomic E-state index is 0.327. The number of hydrogen-bond donors (Lipinski definition) is 0. The zero-order valence-electron chi connectivity index (χ0n) is 10.3. The van der Waals surface area contributed by atoms with E-state index in [1.165, 1.54) is 0 Å². The molecule has 1 aromatic rings. The molecule has 2 heteroatoms. The second-order valence-corrected chi connectivity index (χ2v) is 3.72. The van der Waals surface area contributed by atoms with Crippen molar-refractivity contribution in [2.24, 2.45) is 0 Å². The van der Waals surface area contributed by atoms with Crippen LogP contribution in [0.2, 0.25) is 0 Å². The van der Waals surface area contributed by atoms with Gasteiger partial charge in [0, 0.05) is 19.8 Å². The molecule has 0 fully saturated rings. The van der Waals surface area contributed by atoms with Crippen molar-refractivity contribution in [1.82, 2.24) is 0 Å². The Morgan fingerprint density at radius 3 is 2.38 bits per heavy atom. The lowest BCUT2D eigenvalue weighted by atomic mass is 10.1. The second kappa shape index (κ2) is 6.29. The number of allylic oxidation sites excluding steroid dienone is 1. The highest BCUT2D eigenvalue weighted by molar-refractivity contribution is 5.54. The summed E-state index contributed by atoms with van der Waals surface area (Å²) >= 11 is 0. The van der Waals surface area contributed by atoms with Crippen molar-refractivity contribution >= 4 is 6.08 Å². The predicted molar refractivity (Wildman–Crippen MR) is 66.0 cm³/mol. The van der Waals surface area contributed by atoms with Gasteiger partial charge in [0.1, 0.15) is 0 Å². The van der Waals surface area contributed by atoms with Gasteiger partial charge in [-0.2, -0.15) is 0 Å². The summed E-state index contributed by atoms with van der Waals surface area (Å²) in [4.78, 5) is 0. The normalized spacial score (nSPS) is 10.1. The smallest absolute Gasteiger partial charge is 0.183 e. The van der Waals surface area contributed by atoms with E-state index in [0.29, 0.717) is 0 Å². The minimum atomic E-state index is -0.327. The van der Waals surface area contributed by atoms with Crippen LogP contribution in [0, 0.1) is 0 Å². The fourth-order valence-corrected chi connectivity index (χ4v) is 1.43. The number of rotatable bonds is 4. The van der Waals surface area contributed by atoms with Crippen LogP contribution in [0.15, 0.2) is 35.6 Å². The number of ether oxygens (including phenoxy) is 2. The minimum Gasteiger partial charge on any atom is -0.352 e. The maximum absolute atomic E-state index is 5.26. The molecule has 0 unspecified atom stereocenters. The Morgan fingerprint density at radius 2 is 1.81 bits per heavy atom. The molecule has 1 aromatic carbocycles. The van der Waals surface area contributed by atoms with Crippen LogP contribution in [0.4, 0.5) is 0 Å². The largest absolute Gasteiger partial charge is 0.352 e. The summed E-state index contributed by atoms with van der Waals surface area (Å²) in [7, 11) is 3.27. The van der Waals surface area contributed by atoms with Crippen molar-refractivity contribution < 1.29 is 9.47 Å². The third-order valence-electron chi connectivity index (χ3n) is 2.19. The molecular weight excluding hydrogens is 200 g/mol. The molecule has 0 saturated carbocycles. The maximum Gasteiger partial charge on any atom is 0.183 e. The van der Waals surface area contributed by atoms with Crippen molar-refractivity contribution in [3.05, 3.63) is 46.7 Å². The van der Waals surface area contributed by atoms with E-state index in [-0.39, 0.29) is 6.29 Å². The van der Waals surface area contributed by atoms with Gasteiger partial charge in [-0.25, -0.2) is 0 Å². The molecule has 86 valence electrons. The van der Waals surface area contributed by atoms with Gasteiger partial charge in [0.25, 0.3) is 0 Å². The average molecular weight is 218 g/mol. The highest BCUT2D eigenvalue weighted by Gasteiger charge is 2.11. The summed E-state index contributed by atoms with van der Waals surface area (Å²) in [6, 6.07) is 7.98. The third-order valence-corrected chi connectivity index (χ3v) is 2.19. The molecule has 0 bridgehead atoms. The molecule has 0 saturated heterocycles. The van der Waals surface area contributed by atoms with Crippen molar-refractivity contribution in [2.75, 3.05) is 14.2 Å². The fourth-order valence-electron chi connectivity index (χ4n) is 1.43. The van der Waals surface area contributed by atoms with E-state index in [2.05, 4.69) is 5.73 Å². The summed E-state index contributed by atoms with van der Waals surface area (Å²) in [6.07, 6.45) is 1.63. The molecule has 0 aromatic heterocycles. The van der Waals surface area contributed by atoms with Crippen molar-refractivity contribution in [3.8, 4) is 0 Å². The van der Waals surface area contributed by atoms with E-state index in [4.69, 9.17) is 9.47 Å². The first-order valence-electron chi connectivity index (χ1n) is 5.23. The summed E-state index contributed by atoms with van der Waals surface area (Å²) in [5.74, 6) is 0. The highest BCUT2D eigenvalue weighted by Crippen LogP contribution is 2.22. The van der Waals surface area contributed by atoms with Crippen LogP contribution in [0.3, 0.4) is 0 Å². The van der Waals surface area contributed by atoms with Gasteiger partial charge in [-0.15, -0.1) is 5.73 Å². The molecular formula is C14H18O2. The Balaban J connectivity index is 3.14. The van der Waals surface area contributed by atoms with Gasteiger partial charge < -0.3 is 9.47 Å². The van der Waals surface area contributed by atoms with Crippen molar-refractivity contribution in [2.45, 2.75) is 20.1 Å². The molecule has 0 spiro atoms. The molecule has 0 amide bonds. The molecule has 2 nitrogen and oxygen atoms in total. The molecule has 0 N–H and O–H groups in total. The lowest BCUT2D eigenvalue weighted by molar-refractivity contribution is -0.106. The van der Waals surface area contributed by atoms with Crippen LogP contribution in [-0.2, 0) is 9.47 Å². The zero-order valence-corrected chi connectivity index (χ0v) is 10.3. The second-order valence-electron chi connectivity index (χ2n) is 3.72. The molecule has 0 radical (unpaired) electrons. The average Bonchev–Trinajstić information content (AvgIpc) is 2.29. The Morgan fingerprint density at radius 1 is 1.19 bits per heavy atom. The van der Waals surface area contributed by atoms with Crippen molar-refractivity contribution in [3.63, 3.8) is 0 Å². The van der Waals surface area contributed by atoms with Gasteiger partial charge in [0.15, 0.2) is 6.29 Å². The highest BCUT2D eigenvalue weighted by atomic mass is 16.7. The van der Waals surface area contributed by atoms with E-state index in [1.807, 2.05) is 44.2 Å². The van der Waals surface area contributed by atoms with Crippen LogP contribution >= 0.6 is 0 Å². The van der Waals surface area contributed by atoms with Gasteiger partial charge >= 0.3 is 0 Å². The molecule has 0 aliphatic rings. The maximum atomic E-state index is 5.26. The lowest BCUT2D eigenvalue weighted by Gasteiger charge is -2.15. The Bertz CT molecular complexity index is 393. The number of benzene rings is 1. The standard InChI is InChI=1S/C14H18O2/c1-11(2)9-10-12-7-5-6-8-13(12)14(15-3)16-4/h5-8,10,14H,1-4H3. The first-order chi connectivity index (χ1) is 7.69. The topological polar surface area (TPSA) is 18.5 Å². The van der Waals surface area contributed by atoms with Crippen LogP contribution in [0.25, 0.3) is 6.08 Å². The van der Waals surface area contributed by atoms with E-state index in [0.717, 1.165) is 16.7 Å². The molecule has 0 aliphatic carbocycles. The SMILES string of the molecule is COC(OC)c1ccccc1C=C=C(C)C. The van der Waals surface area contributed by atoms with Gasteiger partial charge in [0.05, 0.1) is 0 Å². The zero-order chi connectivity index (χ0) is 12.0. The Kier molecular flexibility index (Phi) is 5.00. The third kappa shape index (κ3) is 3.35. The number of methoxy groups -OCH3 is 2. The first kappa shape index (κ1) is 12.7. The first-order valence-corrected chi connectivity index (χ1v) is 5.23. The van der Waals surface area contributed by atoms with E-state index < -0.39 is 0 Å². The quantitative estimate of drug-likeness (QED) is 0.568. The van der Waals surface area contributed by atoms with E-state index in [1.54, 1.807) is 14.2 Å². The van der Waals surface area contributed by atoms with Crippen LogP contribution < -0.4 is 0 Å². The lowest BCUT2D eigenvalue weighted by Crippen LogP contribution is -2.05. The Labute approximate surface area is 97.2 Å². The van der Waals surface area contributed by atoms with Gasteiger partial charge in [0.2, 0.25) is 0 Å². The van der Waals surface area contributed by atoms with Crippen LogP contribution in [0.1, 0.15) is 31.3 Å². The molecule has 1 rings (SSSR count). The molecule has 0 heterocycles. The van der Waals surface area contributed by atoms with Crippen LogP contribution in [0.5, 0.6) is 0 Å². The molecule has 16 heavy (non-hydrogen) atoms. The van der Waals surface area contributed by atoms with Crippen LogP contribution in [-0.4, -0.2) is 14.2 Å². The Hall–Kier alpha value is -1.34. The summed E-state index contributed by atoms with van der Waals surface area (Å²) in [6.45, 7) is 4.03. The van der Waals surface area contributed by atoms with Crippen molar-refractivity contribution in [1.29, 1.82) is 0 Å². The summed E-state index contributed by atoms with van der Waals surface area (Å²) in [5.41, 5.74) is 6.41. The monoisotopic (exact) mass is 218 g/mol. The summed E-state index contributed by atoms with van der Waals surface area (Å²) in [5, 5.41) is 0. The summed E-state index contributed by atoms with van der Waals surface area (Å²) < 4.78 is 10.5.